The van der Waals surface area contributed by atoms with Crippen molar-refractivity contribution in [2.24, 2.45) is 0 Å². The average Bonchev–Trinajstić information content (AvgIpc) is 2.37. The summed E-state index contributed by atoms with van der Waals surface area (Å²) >= 11 is 0. The lowest BCUT2D eigenvalue weighted by Gasteiger charge is -2.35. The Kier molecular flexibility index (Phi) is 6.83. The molecule has 3 atom stereocenters. The van der Waals surface area contributed by atoms with Gasteiger partial charge in [-0.25, -0.2) is 0 Å². The van der Waals surface area contributed by atoms with Crippen LogP contribution in [0.25, 0.3) is 0 Å². The van der Waals surface area contributed by atoms with Crippen LogP contribution < -0.4 is 5.32 Å². The number of carbonyl (C=O) groups excluding carboxylic acids is 1. The summed E-state index contributed by atoms with van der Waals surface area (Å²) < 4.78 is 33.8. The molecule has 6 nitrogen and oxygen atoms in total. The first-order valence-corrected chi connectivity index (χ1v) is 9.06. The molecule has 7 heteroatoms. The van der Waals surface area contributed by atoms with Crippen LogP contribution in [0.4, 0.5) is 0 Å². The van der Waals surface area contributed by atoms with Crippen molar-refractivity contribution in [2.45, 2.75) is 64.4 Å². The molecule has 1 amide bonds. The smallest absolute Gasteiger partial charge is 0.264 e. The van der Waals surface area contributed by atoms with Gasteiger partial charge in [0.05, 0.1) is 24.5 Å². The minimum absolute atomic E-state index is 0.0629. The van der Waals surface area contributed by atoms with E-state index in [1.54, 1.807) is 0 Å². The fraction of sp³-hybridized carbons (Fsp3) is 0.786. The Morgan fingerprint density at radius 2 is 2.00 bits per heavy atom. The van der Waals surface area contributed by atoms with Crippen molar-refractivity contribution < 1.29 is 22.1 Å². The van der Waals surface area contributed by atoms with E-state index in [-0.39, 0.29) is 18.1 Å². The molecule has 0 unspecified atom stereocenters. The molecule has 0 aliphatic heterocycles. The highest BCUT2D eigenvalue weighted by molar-refractivity contribution is 7.86. The molecular weight excluding hydrogens is 294 g/mol. The summed E-state index contributed by atoms with van der Waals surface area (Å²) in [5.74, 6) is -0.240. The maximum absolute atomic E-state index is 11.4. The highest BCUT2D eigenvalue weighted by Crippen LogP contribution is 2.22. The van der Waals surface area contributed by atoms with Crippen molar-refractivity contribution in [2.75, 3.05) is 6.26 Å². The van der Waals surface area contributed by atoms with Crippen LogP contribution in [-0.4, -0.2) is 44.9 Å². The van der Waals surface area contributed by atoms with Crippen LogP contribution in [0.3, 0.4) is 0 Å². The summed E-state index contributed by atoms with van der Waals surface area (Å²) in [6.07, 6.45) is 5.85. The maximum Gasteiger partial charge on any atom is 0.264 e. The van der Waals surface area contributed by atoms with E-state index >= 15 is 0 Å². The van der Waals surface area contributed by atoms with E-state index in [1.807, 2.05) is 26.0 Å². The Bertz CT molecular complexity index is 470. The zero-order chi connectivity index (χ0) is 16.0. The van der Waals surface area contributed by atoms with Crippen molar-refractivity contribution >= 4 is 16.0 Å². The van der Waals surface area contributed by atoms with Gasteiger partial charge in [0.15, 0.2) is 0 Å². The Hall–Kier alpha value is -0.920. The monoisotopic (exact) mass is 319 g/mol. The van der Waals surface area contributed by atoms with E-state index in [9.17, 15) is 13.2 Å². The van der Waals surface area contributed by atoms with E-state index in [0.717, 1.165) is 19.1 Å². The summed E-state index contributed by atoms with van der Waals surface area (Å²) in [7, 11) is -3.60. The van der Waals surface area contributed by atoms with Gasteiger partial charge in [0, 0.05) is 6.92 Å². The quantitative estimate of drug-likeness (QED) is 0.566. The molecule has 1 aliphatic carbocycles. The summed E-state index contributed by atoms with van der Waals surface area (Å²) in [5.41, 5.74) is 0. The topological polar surface area (TPSA) is 81.7 Å². The van der Waals surface area contributed by atoms with E-state index in [0.29, 0.717) is 6.42 Å². The third kappa shape index (κ3) is 6.15. The number of hydrogen-bond acceptors (Lipinski definition) is 5. The molecule has 0 aromatic carbocycles. The standard InChI is InChI=1S/C14H25NO5S/c1-5-11(6-2)19-12-8-7-9-13(20-21(4,17)18)14(12)15-10(3)16/h7-8,11-14H,5-6,9H2,1-4H3,(H,15,16)/t12-,13-,14+/m1/s1. The first-order chi connectivity index (χ1) is 9.76. The Labute approximate surface area is 127 Å². The zero-order valence-electron chi connectivity index (χ0n) is 13.0. The van der Waals surface area contributed by atoms with E-state index in [4.69, 9.17) is 8.92 Å². The van der Waals surface area contributed by atoms with Gasteiger partial charge in [-0.2, -0.15) is 8.42 Å². The molecule has 1 N–H and O–H groups in total. The van der Waals surface area contributed by atoms with Gasteiger partial charge in [-0.3, -0.25) is 8.98 Å². The van der Waals surface area contributed by atoms with Crippen molar-refractivity contribution in [1.82, 2.24) is 5.32 Å². The highest BCUT2D eigenvalue weighted by atomic mass is 32.2. The van der Waals surface area contributed by atoms with E-state index < -0.39 is 22.3 Å². The van der Waals surface area contributed by atoms with E-state index in [2.05, 4.69) is 5.32 Å². The molecule has 0 heterocycles. The Balaban J connectivity index is 2.91. The number of hydrogen-bond donors (Lipinski definition) is 1. The van der Waals surface area contributed by atoms with Crippen LogP contribution in [-0.2, 0) is 23.8 Å². The van der Waals surface area contributed by atoms with Gasteiger partial charge in [0.1, 0.15) is 6.10 Å². The molecule has 0 saturated heterocycles. The molecular formula is C14H25NO5S. The second kappa shape index (κ2) is 7.91. The lowest BCUT2D eigenvalue weighted by atomic mass is 9.95. The van der Waals surface area contributed by atoms with Crippen LogP contribution in [0.2, 0.25) is 0 Å². The van der Waals surface area contributed by atoms with Gasteiger partial charge < -0.3 is 10.1 Å². The summed E-state index contributed by atoms with van der Waals surface area (Å²) in [4.78, 5) is 11.4. The van der Waals surface area contributed by atoms with Crippen molar-refractivity contribution in [3.05, 3.63) is 12.2 Å². The third-order valence-electron chi connectivity index (χ3n) is 3.38. The zero-order valence-corrected chi connectivity index (χ0v) is 13.9. The predicted octanol–water partition coefficient (Wildman–Crippen LogP) is 1.37. The molecule has 21 heavy (non-hydrogen) atoms. The van der Waals surface area contributed by atoms with Gasteiger partial charge in [-0.05, 0) is 19.3 Å². The van der Waals surface area contributed by atoms with Crippen LogP contribution in [0.1, 0.15) is 40.0 Å². The van der Waals surface area contributed by atoms with Crippen LogP contribution in [0.5, 0.6) is 0 Å². The molecule has 0 saturated carbocycles. The van der Waals surface area contributed by atoms with E-state index in [1.165, 1.54) is 6.92 Å². The normalized spacial score (nSPS) is 26.0. The minimum atomic E-state index is -3.60. The molecule has 0 radical (unpaired) electrons. The largest absolute Gasteiger partial charge is 0.369 e. The molecule has 0 aromatic rings. The van der Waals surface area contributed by atoms with Crippen LogP contribution in [0.15, 0.2) is 12.2 Å². The average molecular weight is 319 g/mol. The number of ether oxygens (including phenoxy) is 1. The van der Waals surface area contributed by atoms with Crippen molar-refractivity contribution in [3.63, 3.8) is 0 Å². The first-order valence-electron chi connectivity index (χ1n) is 7.24. The lowest BCUT2D eigenvalue weighted by molar-refractivity contribution is -0.122. The SMILES string of the molecule is CCC(CC)O[C@@H]1C=CC[C@@H](OS(C)(=O)=O)[C@H]1NC(C)=O. The van der Waals surface area contributed by atoms with Crippen molar-refractivity contribution in [1.29, 1.82) is 0 Å². The van der Waals surface area contributed by atoms with Gasteiger partial charge in [0.25, 0.3) is 10.1 Å². The minimum Gasteiger partial charge on any atom is -0.369 e. The highest BCUT2D eigenvalue weighted by Gasteiger charge is 2.35. The number of rotatable bonds is 7. The summed E-state index contributed by atoms with van der Waals surface area (Å²) in [6.45, 7) is 5.45. The van der Waals surface area contributed by atoms with Gasteiger partial charge >= 0.3 is 0 Å². The Morgan fingerprint density at radius 1 is 1.38 bits per heavy atom. The second-order valence-electron chi connectivity index (χ2n) is 5.27. The number of nitrogens with one attached hydrogen (secondary N) is 1. The van der Waals surface area contributed by atoms with Gasteiger partial charge in [0.2, 0.25) is 5.91 Å². The predicted molar refractivity (Wildman–Crippen MR) is 80.3 cm³/mol. The Morgan fingerprint density at radius 3 is 2.48 bits per heavy atom. The molecule has 1 rings (SSSR count). The summed E-state index contributed by atoms with van der Waals surface area (Å²) in [5, 5.41) is 2.75. The van der Waals surface area contributed by atoms with Crippen LogP contribution >= 0.6 is 0 Å². The second-order valence-corrected chi connectivity index (χ2v) is 6.87. The molecule has 1 aliphatic rings. The first kappa shape index (κ1) is 18.1. The fourth-order valence-corrected chi connectivity index (χ4v) is 3.04. The molecule has 122 valence electrons. The number of carbonyl (C=O) groups is 1. The number of amides is 1. The van der Waals surface area contributed by atoms with Gasteiger partial charge in [-0.1, -0.05) is 26.0 Å². The molecule has 0 fully saturated rings. The lowest BCUT2D eigenvalue weighted by Crippen LogP contribution is -2.54. The molecule has 0 aromatic heterocycles. The van der Waals surface area contributed by atoms with Crippen LogP contribution in [0, 0.1) is 0 Å². The molecule has 0 bridgehead atoms. The fourth-order valence-electron chi connectivity index (χ4n) is 2.39. The maximum atomic E-state index is 11.4. The van der Waals surface area contributed by atoms with Gasteiger partial charge in [-0.15, -0.1) is 0 Å². The summed E-state index contributed by atoms with van der Waals surface area (Å²) in [6, 6.07) is -0.511. The van der Waals surface area contributed by atoms with Crippen molar-refractivity contribution in [3.8, 4) is 0 Å². The third-order valence-corrected chi connectivity index (χ3v) is 3.97. The molecule has 0 spiro atoms.